The lowest BCUT2D eigenvalue weighted by molar-refractivity contribution is -0.143. The molecule has 19 heavy (non-hydrogen) atoms. The predicted molar refractivity (Wildman–Crippen MR) is 78.6 cm³/mol. The van der Waals surface area contributed by atoms with Crippen LogP contribution in [0.3, 0.4) is 0 Å². The summed E-state index contributed by atoms with van der Waals surface area (Å²) in [6.45, 7) is 2.29. The van der Waals surface area contributed by atoms with E-state index in [0.717, 1.165) is 25.7 Å². The molecule has 0 saturated carbocycles. The molecular formula is C15H22ClNO2. The van der Waals surface area contributed by atoms with Gasteiger partial charge in [0.2, 0.25) is 0 Å². The third kappa shape index (κ3) is 4.51. The van der Waals surface area contributed by atoms with Gasteiger partial charge in [-0.3, -0.25) is 4.79 Å². The Kier molecular flexibility index (Phi) is 6.32. The van der Waals surface area contributed by atoms with Crippen molar-refractivity contribution in [1.82, 2.24) is 0 Å². The number of halogens is 1. The third-order valence-corrected chi connectivity index (χ3v) is 3.46. The number of rotatable bonds is 4. The fourth-order valence-corrected chi connectivity index (χ4v) is 2.47. The molecule has 0 spiro atoms. The quantitative estimate of drug-likeness (QED) is 0.864. The Hall–Kier alpha value is -1.06. The lowest BCUT2D eigenvalue weighted by atomic mass is 9.87. The van der Waals surface area contributed by atoms with Crippen LogP contribution in [0.5, 0.6) is 0 Å². The summed E-state index contributed by atoms with van der Waals surface area (Å²) in [5.41, 5.74) is 9.96. The van der Waals surface area contributed by atoms with Crippen LogP contribution in [0.15, 0.2) is 18.2 Å². The van der Waals surface area contributed by atoms with Crippen molar-refractivity contribution in [2.45, 2.75) is 45.1 Å². The van der Waals surface area contributed by atoms with Crippen molar-refractivity contribution in [2.24, 2.45) is 5.73 Å². The Labute approximate surface area is 120 Å². The number of aryl methyl sites for hydroxylation is 2. The number of nitrogens with two attached hydrogens (primary N) is 1. The van der Waals surface area contributed by atoms with Gasteiger partial charge in [-0.25, -0.2) is 0 Å². The Bertz CT molecular complexity index is 434. The van der Waals surface area contributed by atoms with E-state index < -0.39 is 0 Å². The molecule has 1 unspecified atom stereocenters. The molecule has 0 heterocycles. The first-order valence-corrected chi connectivity index (χ1v) is 6.71. The van der Waals surface area contributed by atoms with E-state index in [1.54, 1.807) is 0 Å². The molecule has 1 aliphatic rings. The van der Waals surface area contributed by atoms with Gasteiger partial charge in [-0.15, -0.1) is 12.4 Å². The van der Waals surface area contributed by atoms with E-state index in [2.05, 4.69) is 18.2 Å². The lowest BCUT2D eigenvalue weighted by Crippen LogP contribution is -2.27. The molecular weight excluding hydrogens is 262 g/mol. The van der Waals surface area contributed by atoms with Crippen LogP contribution >= 0.6 is 12.4 Å². The molecule has 1 aromatic rings. The van der Waals surface area contributed by atoms with Crippen molar-refractivity contribution in [3.63, 3.8) is 0 Å². The zero-order chi connectivity index (χ0) is 13.0. The van der Waals surface area contributed by atoms with Crippen LogP contribution in [-0.2, 0) is 28.8 Å². The van der Waals surface area contributed by atoms with Crippen molar-refractivity contribution in [1.29, 1.82) is 0 Å². The first-order chi connectivity index (χ1) is 8.69. The molecule has 1 aromatic carbocycles. The van der Waals surface area contributed by atoms with E-state index >= 15 is 0 Å². The van der Waals surface area contributed by atoms with Crippen molar-refractivity contribution in [2.75, 3.05) is 6.61 Å². The van der Waals surface area contributed by atoms with Gasteiger partial charge in [0.25, 0.3) is 0 Å². The standard InChI is InChI=1S/C15H21NO2.ClH/c1-2-18-15(17)8-4-11-3-5-12-6-7-14(16)10-13(12)9-11;/h3,5,9,14H,2,4,6-8,10,16H2,1H3;1H. The summed E-state index contributed by atoms with van der Waals surface area (Å²) in [6, 6.07) is 6.79. The largest absolute Gasteiger partial charge is 0.466 e. The van der Waals surface area contributed by atoms with Gasteiger partial charge in [0.05, 0.1) is 6.61 Å². The Morgan fingerprint density at radius 2 is 2.21 bits per heavy atom. The van der Waals surface area contributed by atoms with Gasteiger partial charge in [0.1, 0.15) is 0 Å². The molecule has 0 aromatic heterocycles. The summed E-state index contributed by atoms with van der Waals surface area (Å²) in [4.78, 5) is 11.3. The second-order valence-corrected chi connectivity index (χ2v) is 4.91. The Morgan fingerprint density at radius 3 is 2.95 bits per heavy atom. The molecule has 2 N–H and O–H groups in total. The second kappa shape index (κ2) is 7.51. The minimum absolute atomic E-state index is 0. The number of hydrogen-bond acceptors (Lipinski definition) is 3. The van der Waals surface area contributed by atoms with Crippen molar-refractivity contribution in [3.8, 4) is 0 Å². The molecule has 106 valence electrons. The van der Waals surface area contributed by atoms with Gasteiger partial charge in [0.15, 0.2) is 0 Å². The Morgan fingerprint density at radius 1 is 1.42 bits per heavy atom. The SMILES string of the molecule is CCOC(=O)CCc1ccc2c(c1)CC(N)CC2.Cl. The average Bonchev–Trinajstić information content (AvgIpc) is 2.36. The van der Waals surface area contributed by atoms with Crippen LogP contribution in [0, 0.1) is 0 Å². The second-order valence-electron chi connectivity index (χ2n) is 4.91. The lowest BCUT2D eigenvalue weighted by Gasteiger charge is -2.22. The molecule has 0 radical (unpaired) electrons. The smallest absolute Gasteiger partial charge is 0.306 e. The number of fused-ring (bicyclic) bond motifs is 1. The van der Waals surface area contributed by atoms with E-state index in [4.69, 9.17) is 10.5 Å². The number of ether oxygens (including phenoxy) is 1. The molecule has 0 saturated heterocycles. The average molecular weight is 284 g/mol. The zero-order valence-corrected chi connectivity index (χ0v) is 12.2. The molecule has 1 aliphatic carbocycles. The summed E-state index contributed by atoms with van der Waals surface area (Å²) in [7, 11) is 0. The highest BCUT2D eigenvalue weighted by Gasteiger charge is 2.15. The van der Waals surface area contributed by atoms with Crippen LogP contribution in [0.25, 0.3) is 0 Å². The molecule has 3 nitrogen and oxygen atoms in total. The molecule has 0 amide bonds. The van der Waals surface area contributed by atoms with Crippen LogP contribution in [0.1, 0.15) is 36.5 Å². The van der Waals surface area contributed by atoms with Crippen molar-refractivity contribution < 1.29 is 9.53 Å². The normalized spacial score (nSPS) is 17.3. The summed E-state index contributed by atoms with van der Waals surface area (Å²) in [6.07, 6.45) is 4.33. The monoisotopic (exact) mass is 283 g/mol. The van der Waals surface area contributed by atoms with Gasteiger partial charge >= 0.3 is 5.97 Å². The number of esters is 1. The fraction of sp³-hybridized carbons (Fsp3) is 0.533. The highest BCUT2D eigenvalue weighted by atomic mass is 35.5. The van der Waals surface area contributed by atoms with E-state index in [1.807, 2.05) is 6.92 Å². The van der Waals surface area contributed by atoms with E-state index in [1.165, 1.54) is 16.7 Å². The molecule has 0 aliphatic heterocycles. The molecule has 4 heteroatoms. The van der Waals surface area contributed by atoms with E-state index in [-0.39, 0.29) is 24.4 Å². The predicted octanol–water partition coefficient (Wildman–Crippen LogP) is 2.42. The maximum Gasteiger partial charge on any atom is 0.306 e. The van der Waals surface area contributed by atoms with Crippen molar-refractivity contribution in [3.05, 3.63) is 34.9 Å². The summed E-state index contributed by atoms with van der Waals surface area (Å²) in [5, 5.41) is 0. The Balaban J connectivity index is 0.00000180. The van der Waals surface area contributed by atoms with Gasteiger partial charge < -0.3 is 10.5 Å². The minimum atomic E-state index is -0.119. The highest BCUT2D eigenvalue weighted by molar-refractivity contribution is 5.85. The molecule has 0 fully saturated rings. The topological polar surface area (TPSA) is 52.3 Å². The summed E-state index contributed by atoms with van der Waals surface area (Å²) in [5.74, 6) is -0.119. The third-order valence-electron chi connectivity index (χ3n) is 3.46. The van der Waals surface area contributed by atoms with Gasteiger partial charge in [-0.1, -0.05) is 18.2 Å². The van der Waals surface area contributed by atoms with E-state index in [9.17, 15) is 4.79 Å². The van der Waals surface area contributed by atoms with Crippen molar-refractivity contribution >= 4 is 18.4 Å². The summed E-state index contributed by atoms with van der Waals surface area (Å²) < 4.78 is 4.93. The van der Waals surface area contributed by atoms with E-state index in [0.29, 0.717) is 13.0 Å². The molecule has 1 atom stereocenters. The first kappa shape index (κ1) is 16.0. The highest BCUT2D eigenvalue weighted by Crippen LogP contribution is 2.22. The van der Waals surface area contributed by atoms with Crippen LogP contribution < -0.4 is 5.73 Å². The summed E-state index contributed by atoms with van der Waals surface area (Å²) >= 11 is 0. The number of carbonyl (C=O) groups excluding carboxylic acids is 1. The number of benzene rings is 1. The van der Waals surface area contributed by atoms with Gasteiger partial charge in [-0.05, 0) is 49.3 Å². The minimum Gasteiger partial charge on any atom is -0.466 e. The molecule has 2 rings (SSSR count). The van der Waals surface area contributed by atoms with Gasteiger partial charge in [0, 0.05) is 12.5 Å². The zero-order valence-electron chi connectivity index (χ0n) is 11.4. The fourth-order valence-electron chi connectivity index (χ4n) is 2.47. The number of carbonyl (C=O) groups is 1. The van der Waals surface area contributed by atoms with Gasteiger partial charge in [-0.2, -0.15) is 0 Å². The van der Waals surface area contributed by atoms with Crippen LogP contribution in [-0.4, -0.2) is 18.6 Å². The maximum absolute atomic E-state index is 11.3. The maximum atomic E-state index is 11.3. The van der Waals surface area contributed by atoms with Crippen LogP contribution in [0.2, 0.25) is 0 Å². The molecule has 0 bridgehead atoms. The first-order valence-electron chi connectivity index (χ1n) is 6.71. The number of hydrogen-bond donors (Lipinski definition) is 1. The van der Waals surface area contributed by atoms with Crippen LogP contribution in [0.4, 0.5) is 0 Å².